The third-order valence-corrected chi connectivity index (χ3v) is 2.25. The first-order valence-corrected chi connectivity index (χ1v) is 4.77. The van der Waals surface area contributed by atoms with Gasteiger partial charge in [0.25, 0.3) is 0 Å². The van der Waals surface area contributed by atoms with Crippen LogP contribution in [0.15, 0.2) is 18.2 Å². The highest BCUT2D eigenvalue weighted by molar-refractivity contribution is 5.85. The molecule has 82 valence electrons. The van der Waals surface area contributed by atoms with E-state index in [0.717, 1.165) is 6.07 Å². The minimum absolute atomic E-state index is 0.0592. The lowest BCUT2D eigenvalue weighted by Crippen LogP contribution is -2.31. The second kappa shape index (κ2) is 4.98. The summed E-state index contributed by atoms with van der Waals surface area (Å²) in [7, 11) is 0. The lowest BCUT2D eigenvalue weighted by molar-refractivity contribution is -0.119. The molecule has 4 heteroatoms. The van der Waals surface area contributed by atoms with E-state index in [1.54, 1.807) is 6.92 Å². The summed E-state index contributed by atoms with van der Waals surface area (Å²) in [5.74, 6) is -2.18. The summed E-state index contributed by atoms with van der Waals surface area (Å²) in [6, 6.07) is 3.17. The predicted octanol–water partition coefficient (Wildman–Crippen LogP) is 1.81. The van der Waals surface area contributed by atoms with Gasteiger partial charge in [0.1, 0.15) is 0 Å². The van der Waals surface area contributed by atoms with Crippen molar-refractivity contribution in [2.45, 2.75) is 25.8 Å². The molecule has 0 amide bonds. The highest BCUT2D eigenvalue weighted by Gasteiger charge is 2.15. The van der Waals surface area contributed by atoms with Crippen LogP contribution in [-0.2, 0) is 11.2 Å². The maximum atomic E-state index is 13.2. The molecule has 0 spiro atoms. The molecule has 15 heavy (non-hydrogen) atoms. The average Bonchev–Trinajstić information content (AvgIpc) is 2.23. The van der Waals surface area contributed by atoms with E-state index in [0.29, 0.717) is 6.42 Å². The number of nitrogens with two attached hydrogens (primary N) is 1. The van der Waals surface area contributed by atoms with E-state index in [2.05, 4.69) is 0 Å². The van der Waals surface area contributed by atoms with Crippen molar-refractivity contribution in [2.75, 3.05) is 0 Å². The van der Waals surface area contributed by atoms with Crippen LogP contribution in [0.4, 0.5) is 8.78 Å². The molecular formula is C11H13F2NO. The summed E-state index contributed by atoms with van der Waals surface area (Å²) < 4.78 is 26.0. The Morgan fingerprint density at radius 3 is 2.73 bits per heavy atom. The van der Waals surface area contributed by atoms with E-state index in [-0.39, 0.29) is 17.8 Å². The minimum Gasteiger partial charge on any atom is -0.322 e. The largest absolute Gasteiger partial charge is 0.322 e. The Labute approximate surface area is 87.1 Å². The van der Waals surface area contributed by atoms with Crippen molar-refractivity contribution in [3.8, 4) is 0 Å². The van der Waals surface area contributed by atoms with Gasteiger partial charge in [-0.1, -0.05) is 19.1 Å². The van der Waals surface area contributed by atoms with Crippen molar-refractivity contribution < 1.29 is 13.6 Å². The van der Waals surface area contributed by atoms with E-state index in [1.165, 1.54) is 12.1 Å². The van der Waals surface area contributed by atoms with Gasteiger partial charge >= 0.3 is 0 Å². The molecule has 0 fully saturated rings. The average molecular weight is 213 g/mol. The van der Waals surface area contributed by atoms with E-state index in [9.17, 15) is 13.6 Å². The van der Waals surface area contributed by atoms with Crippen molar-refractivity contribution in [3.05, 3.63) is 35.4 Å². The summed E-state index contributed by atoms with van der Waals surface area (Å²) in [5.41, 5.74) is 5.55. The highest BCUT2D eigenvalue weighted by atomic mass is 19.2. The molecule has 1 aromatic carbocycles. The van der Waals surface area contributed by atoms with E-state index >= 15 is 0 Å². The number of Topliss-reactive ketones (excluding diaryl/α,β-unsaturated/α-hetero) is 1. The Bertz CT molecular complexity index is 366. The molecule has 2 nitrogen and oxygen atoms in total. The molecule has 0 heterocycles. The Hall–Kier alpha value is -1.29. The number of rotatable bonds is 4. The second-order valence-corrected chi connectivity index (χ2v) is 3.37. The first-order chi connectivity index (χ1) is 7.06. The standard InChI is InChI=1S/C11H13F2NO/c1-2-9(14)10(15)6-7-4-3-5-8(12)11(7)13/h3-5,9H,2,6,14H2,1H3. The van der Waals surface area contributed by atoms with Crippen LogP contribution in [0, 0.1) is 11.6 Å². The third-order valence-electron chi connectivity index (χ3n) is 2.25. The second-order valence-electron chi connectivity index (χ2n) is 3.37. The fourth-order valence-corrected chi connectivity index (χ4v) is 1.23. The molecule has 1 unspecified atom stereocenters. The van der Waals surface area contributed by atoms with Gasteiger partial charge in [0.15, 0.2) is 17.4 Å². The third kappa shape index (κ3) is 2.83. The van der Waals surface area contributed by atoms with Crippen LogP contribution in [0.25, 0.3) is 0 Å². The maximum Gasteiger partial charge on any atom is 0.162 e. The van der Waals surface area contributed by atoms with Gasteiger partial charge in [-0.25, -0.2) is 8.78 Å². The van der Waals surface area contributed by atoms with Crippen molar-refractivity contribution in [1.82, 2.24) is 0 Å². The topological polar surface area (TPSA) is 43.1 Å². The lowest BCUT2D eigenvalue weighted by Gasteiger charge is -2.08. The molecule has 1 rings (SSSR count). The first-order valence-electron chi connectivity index (χ1n) is 4.77. The first kappa shape index (κ1) is 11.8. The van der Waals surface area contributed by atoms with Gasteiger partial charge in [0.05, 0.1) is 6.04 Å². The number of halogens is 2. The summed E-state index contributed by atoms with van der Waals surface area (Å²) in [5, 5.41) is 0. The molecule has 0 bridgehead atoms. The normalized spacial score (nSPS) is 12.5. The number of hydrogen-bond acceptors (Lipinski definition) is 2. The van der Waals surface area contributed by atoms with Gasteiger partial charge in [-0.15, -0.1) is 0 Å². The molecule has 0 radical (unpaired) electrons. The summed E-state index contributed by atoms with van der Waals surface area (Å²) >= 11 is 0. The van der Waals surface area contributed by atoms with Gasteiger partial charge in [0, 0.05) is 6.42 Å². The molecule has 1 aromatic rings. The Kier molecular flexibility index (Phi) is 3.91. The van der Waals surface area contributed by atoms with Gasteiger partial charge < -0.3 is 5.73 Å². The zero-order valence-corrected chi connectivity index (χ0v) is 8.47. The highest BCUT2D eigenvalue weighted by Crippen LogP contribution is 2.12. The van der Waals surface area contributed by atoms with Crippen LogP contribution in [0.2, 0.25) is 0 Å². The molecule has 0 aliphatic carbocycles. The zero-order chi connectivity index (χ0) is 11.4. The summed E-state index contributed by atoms with van der Waals surface area (Å²) in [6.45, 7) is 1.77. The molecule has 0 aliphatic rings. The molecule has 0 aromatic heterocycles. The minimum atomic E-state index is -0.964. The quantitative estimate of drug-likeness (QED) is 0.828. The number of hydrogen-bond donors (Lipinski definition) is 1. The van der Waals surface area contributed by atoms with E-state index < -0.39 is 17.7 Å². The van der Waals surface area contributed by atoms with Crippen molar-refractivity contribution in [1.29, 1.82) is 0 Å². The van der Waals surface area contributed by atoms with Crippen molar-refractivity contribution >= 4 is 5.78 Å². The summed E-state index contributed by atoms with van der Waals surface area (Å²) in [6.07, 6.45) is 0.342. The van der Waals surface area contributed by atoms with Crippen molar-refractivity contribution in [2.24, 2.45) is 5.73 Å². The number of ketones is 1. The van der Waals surface area contributed by atoms with Crippen molar-refractivity contribution in [3.63, 3.8) is 0 Å². The Morgan fingerprint density at radius 2 is 2.13 bits per heavy atom. The zero-order valence-electron chi connectivity index (χ0n) is 8.47. The monoisotopic (exact) mass is 213 g/mol. The van der Waals surface area contributed by atoms with E-state index in [4.69, 9.17) is 5.73 Å². The number of benzene rings is 1. The number of carbonyl (C=O) groups is 1. The fourth-order valence-electron chi connectivity index (χ4n) is 1.23. The predicted molar refractivity (Wildman–Crippen MR) is 53.3 cm³/mol. The van der Waals surface area contributed by atoms with Crippen LogP contribution < -0.4 is 5.73 Å². The molecule has 0 aliphatic heterocycles. The van der Waals surface area contributed by atoms with Gasteiger partial charge in [0.2, 0.25) is 0 Å². The van der Waals surface area contributed by atoms with Gasteiger partial charge in [-0.3, -0.25) is 4.79 Å². The molecule has 0 saturated carbocycles. The smallest absolute Gasteiger partial charge is 0.162 e. The summed E-state index contributed by atoms with van der Waals surface area (Å²) in [4.78, 5) is 11.4. The Morgan fingerprint density at radius 1 is 1.47 bits per heavy atom. The Balaban J connectivity index is 2.81. The SMILES string of the molecule is CCC(N)C(=O)Cc1cccc(F)c1F. The molecule has 1 atom stereocenters. The van der Waals surface area contributed by atoms with E-state index in [1.807, 2.05) is 0 Å². The van der Waals surface area contributed by atoms with Crippen LogP contribution in [0.5, 0.6) is 0 Å². The fraction of sp³-hybridized carbons (Fsp3) is 0.364. The maximum absolute atomic E-state index is 13.2. The molecule has 2 N–H and O–H groups in total. The lowest BCUT2D eigenvalue weighted by atomic mass is 10.0. The van der Waals surface area contributed by atoms with Crippen LogP contribution in [0.1, 0.15) is 18.9 Å². The number of carbonyl (C=O) groups excluding carboxylic acids is 1. The van der Waals surface area contributed by atoms with Gasteiger partial charge in [-0.2, -0.15) is 0 Å². The van der Waals surface area contributed by atoms with Crippen LogP contribution in [-0.4, -0.2) is 11.8 Å². The van der Waals surface area contributed by atoms with Gasteiger partial charge in [-0.05, 0) is 18.1 Å². The molecular weight excluding hydrogens is 200 g/mol. The van der Waals surface area contributed by atoms with Crippen LogP contribution >= 0.6 is 0 Å². The van der Waals surface area contributed by atoms with Crippen LogP contribution in [0.3, 0.4) is 0 Å². The molecule has 0 saturated heterocycles.